The molecule has 1 aromatic heterocycles. The lowest BCUT2D eigenvalue weighted by Crippen LogP contribution is -2.27. The largest absolute Gasteiger partial charge is 0.388 e. The minimum absolute atomic E-state index is 0.0626. The maximum atomic E-state index is 5.55. The zero-order valence-electron chi connectivity index (χ0n) is 10.8. The molecule has 0 aromatic carbocycles. The molecule has 1 rings (SSSR count). The molecule has 0 bridgehead atoms. The molecule has 18 heavy (non-hydrogen) atoms. The highest BCUT2D eigenvalue weighted by Crippen LogP contribution is 2.05. The molecule has 1 atom stereocenters. The molecule has 6 nitrogen and oxygen atoms in total. The summed E-state index contributed by atoms with van der Waals surface area (Å²) in [4.78, 5) is 8.72. The van der Waals surface area contributed by atoms with Gasteiger partial charge in [-0.15, -0.1) is 0 Å². The van der Waals surface area contributed by atoms with E-state index in [0.29, 0.717) is 24.8 Å². The second kappa shape index (κ2) is 7.20. The minimum Gasteiger partial charge on any atom is -0.388 e. The number of hydrogen-bond donors (Lipinski definition) is 2. The fourth-order valence-electron chi connectivity index (χ4n) is 1.38. The topological polar surface area (TPSA) is 82.3 Å². The van der Waals surface area contributed by atoms with Gasteiger partial charge < -0.3 is 20.5 Å². The standard InChI is InChI=1S/C11H18N4O2S/c1-7-4-9(10(12)18)15-11(14-7)13-5-8(17-3)6-16-2/h4,8H,5-6H2,1-3H3,(H2,12,18)(H,13,14,15). The number of nitrogens with zero attached hydrogens (tertiary/aromatic N) is 2. The first-order chi connectivity index (χ1) is 8.56. The van der Waals surface area contributed by atoms with E-state index in [4.69, 9.17) is 27.4 Å². The minimum atomic E-state index is -0.0626. The molecular weight excluding hydrogens is 252 g/mol. The van der Waals surface area contributed by atoms with Crippen molar-refractivity contribution in [2.24, 2.45) is 5.73 Å². The van der Waals surface area contributed by atoms with Gasteiger partial charge in [0.25, 0.3) is 0 Å². The molecular formula is C11H18N4O2S. The van der Waals surface area contributed by atoms with Crippen molar-refractivity contribution in [1.29, 1.82) is 0 Å². The van der Waals surface area contributed by atoms with Crippen LogP contribution in [-0.4, -0.2) is 48.4 Å². The van der Waals surface area contributed by atoms with Crippen LogP contribution in [0.1, 0.15) is 11.4 Å². The Hall–Kier alpha value is -1.31. The van der Waals surface area contributed by atoms with Crippen LogP contribution >= 0.6 is 12.2 Å². The van der Waals surface area contributed by atoms with Crippen LogP contribution in [0.2, 0.25) is 0 Å². The van der Waals surface area contributed by atoms with E-state index in [0.717, 1.165) is 5.69 Å². The molecule has 1 unspecified atom stereocenters. The first-order valence-electron chi connectivity index (χ1n) is 5.48. The summed E-state index contributed by atoms with van der Waals surface area (Å²) in [6.07, 6.45) is -0.0626. The van der Waals surface area contributed by atoms with Gasteiger partial charge in [-0.05, 0) is 13.0 Å². The number of nitrogens with one attached hydrogen (secondary N) is 1. The number of ether oxygens (including phenoxy) is 2. The quantitative estimate of drug-likeness (QED) is 0.698. The van der Waals surface area contributed by atoms with Crippen molar-refractivity contribution in [3.8, 4) is 0 Å². The van der Waals surface area contributed by atoms with Gasteiger partial charge in [0.15, 0.2) is 0 Å². The maximum Gasteiger partial charge on any atom is 0.223 e. The first kappa shape index (κ1) is 14.7. The summed E-state index contributed by atoms with van der Waals surface area (Å²) >= 11 is 4.90. The van der Waals surface area contributed by atoms with Gasteiger partial charge in [-0.3, -0.25) is 0 Å². The third-order valence-electron chi connectivity index (χ3n) is 2.28. The average Bonchev–Trinajstić information content (AvgIpc) is 2.33. The van der Waals surface area contributed by atoms with Gasteiger partial charge in [0.05, 0.1) is 12.7 Å². The molecule has 0 radical (unpaired) electrons. The van der Waals surface area contributed by atoms with Gasteiger partial charge in [-0.25, -0.2) is 9.97 Å². The molecule has 0 fully saturated rings. The smallest absolute Gasteiger partial charge is 0.223 e. The van der Waals surface area contributed by atoms with E-state index in [1.807, 2.05) is 6.92 Å². The van der Waals surface area contributed by atoms with E-state index >= 15 is 0 Å². The normalized spacial score (nSPS) is 12.2. The lowest BCUT2D eigenvalue weighted by molar-refractivity contribution is 0.0365. The molecule has 0 aliphatic carbocycles. The molecule has 0 spiro atoms. The molecule has 0 saturated heterocycles. The van der Waals surface area contributed by atoms with Gasteiger partial charge in [-0.1, -0.05) is 12.2 Å². The highest BCUT2D eigenvalue weighted by Gasteiger charge is 2.09. The number of thiocarbonyl (C=S) groups is 1. The molecule has 1 heterocycles. The number of anilines is 1. The van der Waals surface area contributed by atoms with Crippen molar-refractivity contribution in [2.75, 3.05) is 32.7 Å². The van der Waals surface area contributed by atoms with Crippen LogP contribution < -0.4 is 11.1 Å². The molecule has 0 amide bonds. The van der Waals surface area contributed by atoms with E-state index in [9.17, 15) is 0 Å². The Kier molecular flexibility index (Phi) is 5.90. The Balaban J connectivity index is 2.69. The first-order valence-corrected chi connectivity index (χ1v) is 5.88. The summed E-state index contributed by atoms with van der Waals surface area (Å²) in [5, 5.41) is 3.07. The molecule has 3 N–H and O–H groups in total. The van der Waals surface area contributed by atoms with E-state index in [-0.39, 0.29) is 11.1 Å². The van der Waals surface area contributed by atoms with E-state index < -0.39 is 0 Å². The van der Waals surface area contributed by atoms with Crippen LogP contribution in [0.4, 0.5) is 5.95 Å². The van der Waals surface area contributed by atoms with Crippen LogP contribution in [-0.2, 0) is 9.47 Å². The van der Waals surface area contributed by atoms with Gasteiger partial charge in [0.2, 0.25) is 5.95 Å². The van der Waals surface area contributed by atoms with Gasteiger partial charge in [-0.2, -0.15) is 0 Å². The van der Waals surface area contributed by atoms with Crippen molar-refractivity contribution in [1.82, 2.24) is 9.97 Å². The monoisotopic (exact) mass is 270 g/mol. The van der Waals surface area contributed by atoms with Crippen LogP contribution in [0.25, 0.3) is 0 Å². The number of methoxy groups -OCH3 is 2. The fourth-order valence-corrected chi connectivity index (χ4v) is 1.48. The number of nitrogens with two attached hydrogens (primary N) is 1. The van der Waals surface area contributed by atoms with E-state index in [1.165, 1.54) is 0 Å². The number of aryl methyl sites for hydroxylation is 1. The zero-order chi connectivity index (χ0) is 13.5. The highest BCUT2D eigenvalue weighted by atomic mass is 32.1. The second-order valence-electron chi connectivity index (χ2n) is 3.78. The van der Waals surface area contributed by atoms with Crippen molar-refractivity contribution in [3.63, 3.8) is 0 Å². The Morgan fingerprint density at radius 2 is 2.22 bits per heavy atom. The van der Waals surface area contributed by atoms with E-state index in [1.54, 1.807) is 20.3 Å². The van der Waals surface area contributed by atoms with E-state index in [2.05, 4.69) is 15.3 Å². The number of aromatic nitrogens is 2. The van der Waals surface area contributed by atoms with Gasteiger partial charge in [0.1, 0.15) is 10.7 Å². The highest BCUT2D eigenvalue weighted by molar-refractivity contribution is 7.80. The molecule has 0 aliphatic rings. The molecule has 0 saturated carbocycles. The summed E-state index contributed by atoms with van der Waals surface area (Å²) in [5.74, 6) is 0.482. The Morgan fingerprint density at radius 1 is 1.50 bits per heavy atom. The Labute approximate surface area is 112 Å². The summed E-state index contributed by atoms with van der Waals surface area (Å²) in [5.41, 5.74) is 6.91. The molecule has 0 aliphatic heterocycles. The van der Waals surface area contributed by atoms with Gasteiger partial charge >= 0.3 is 0 Å². The zero-order valence-corrected chi connectivity index (χ0v) is 11.6. The van der Waals surface area contributed by atoms with Crippen LogP contribution in [0.3, 0.4) is 0 Å². The average molecular weight is 270 g/mol. The van der Waals surface area contributed by atoms with Crippen molar-refractivity contribution in [3.05, 3.63) is 17.5 Å². The maximum absolute atomic E-state index is 5.55. The second-order valence-corrected chi connectivity index (χ2v) is 4.22. The molecule has 7 heteroatoms. The van der Waals surface area contributed by atoms with Crippen LogP contribution in [0, 0.1) is 6.92 Å². The summed E-state index contributed by atoms with van der Waals surface area (Å²) in [6.45, 7) is 2.90. The van der Waals surface area contributed by atoms with Crippen LogP contribution in [0.5, 0.6) is 0 Å². The van der Waals surface area contributed by atoms with Crippen molar-refractivity contribution >= 4 is 23.2 Å². The third kappa shape index (κ3) is 4.52. The third-order valence-corrected chi connectivity index (χ3v) is 2.49. The van der Waals surface area contributed by atoms with Crippen LogP contribution in [0.15, 0.2) is 6.07 Å². The fraction of sp³-hybridized carbons (Fsp3) is 0.545. The van der Waals surface area contributed by atoms with Gasteiger partial charge in [0, 0.05) is 26.5 Å². The summed E-state index contributed by atoms with van der Waals surface area (Å²) in [7, 11) is 3.25. The Bertz CT molecular complexity index is 414. The predicted octanol–water partition coefficient (Wildman–Crippen LogP) is 0.493. The number of hydrogen-bond acceptors (Lipinski definition) is 6. The lowest BCUT2D eigenvalue weighted by atomic mass is 10.3. The summed E-state index contributed by atoms with van der Waals surface area (Å²) in [6, 6.07) is 1.75. The molecule has 100 valence electrons. The lowest BCUT2D eigenvalue weighted by Gasteiger charge is -2.15. The van der Waals surface area contributed by atoms with Crippen molar-refractivity contribution < 1.29 is 9.47 Å². The summed E-state index contributed by atoms with van der Waals surface area (Å²) < 4.78 is 10.2. The predicted molar refractivity (Wildman–Crippen MR) is 73.8 cm³/mol. The van der Waals surface area contributed by atoms with Crippen molar-refractivity contribution in [2.45, 2.75) is 13.0 Å². The Morgan fingerprint density at radius 3 is 2.78 bits per heavy atom. The number of rotatable bonds is 7. The SMILES string of the molecule is COCC(CNc1nc(C)cc(C(N)=S)n1)OC. The molecule has 1 aromatic rings.